The number of primary amides is 1. The number of nitrogens with zero attached hydrogens (tertiary/aromatic N) is 2. The summed E-state index contributed by atoms with van der Waals surface area (Å²) >= 11 is 6.18. The molecule has 1 amide bonds. The van der Waals surface area contributed by atoms with E-state index in [-0.39, 0.29) is 34.9 Å². The molecule has 3 atom stereocenters. The van der Waals surface area contributed by atoms with E-state index in [9.17, 15) is 13.6 Å². The van der Waals surface area contributed by atoms with Crippen molar-refractivity contribution in [2.75, 3.05) is 25.0 Å². The van der Waals surface area contributed by atoms with Crippen LogP contribution in [0.1, 0.15) is 35.8 Å². The summed E-state index contributed by atoms with van der Waals surface area (Å²) in [6.07, 6.45) is 1.15. The molecular formula is C20H23ClF2N4O2. The molecule has 3 unspecified atom stereocenters. The molecule has 156 valence electrons. The number of hydrogen-bond acceptors (Lipinski definition) is 5. The number of morpholine rings is 1. The third-order valence-corrected chi connectivity index (χ3v) is 5.10. The van der Waals surface area contributed by atoms with Crippen molar-refractivity contribution in [3.8, 4) is 0 Å². The maximum absolute atomic E-state index is 14.6. The first-order valence-electron chi connectivity index (χ1n) is 9.29. The summed E-state index contributed by atoms with van der Waals surface area (Å²) in [6.45, 7) is 5.04. The minimum absolute atomic E-state index is 0.0221. The van der Waals surface area contributed by atoms with Crippen LogP contribution in [-0.4, -0.2) is 47.6 Å². The number of anilines is 1. The third kappa shape index (κ3) is 5.01. The normalized spacial score (nSPS) is 21.0. The average Bonchev–Trinajstić information content (AvgIpc) is 2.64. The number of nitrogens with one attached hydrogen (secondary N) is 1. The van der Waals surface area contributed by atoms with Crippen molar-refractivity contribution in [1.82, 2.24) is 9.88 Å². The van der Waals surface area contributed by atoms with Crippen LogP contribution in [0.5, 0.6) is 0 Å². The number of carbonyl (C=O) groups is 1. The maximum atomic E-state index is 14.6. The lowest BCUT2D eigenvalue weighted by Crippen LogP contribution is -2.48. The highest BCUT2D eigenvalue weighted by molar-refractivity contribution is 6.33. The van der Waals surface area contributed by atoms with Crippen LogP contribution in [0.3, 0.4) is 0 Å². The monoisotopic (exact) mass is 424 g/mol. The number of carbonyl (C=O) groups excluding carboxylic acids is 1. The van der Waals surface area contributed by atoms with E-state index in [1.54, 1.807) is 0 Å². The van der Waals surface area contributed by atoms with Gasteiger partial charge in [0.1, 0.15) is 17.5 Å². The molecule has 2 aromatic rings. The maximum Gasteiger partial charge on any atom is 0.250 e. The molecule has 0 aliphatic carbocycles. The Balaban J connectivity index is 1.89. The van der Waals surface area contributed by atoms with Gasteiger partial charge in [0.05, 0.1) is 28.8 Å². The van der Waals surface area contributed by atoms with E-state index in [0.717, 1.165) is 0 Å². The van der Waals surface area contributed by atoms with Gasteiger partial charge in [-0.2, -0.15) is 0 Å². The van der Waals surface area contributed by atoms with Crippen LogP contribution in [0.2, 0.25) is 5.02 Å². The van der Waals surface area contributed by atoms with Crippen molar-refractivity contribution in [2.45, 2.75) is 32.1 Å². The van der Waals surface area contributed by atoms with Crippen molar-refractivity contribution in [3.63, 3.8) is 0 Å². The van der Waals surface area contributed by atoms with Gasteiger partial charge in [-0.15, -0.1) is 0 Å². The highest BCUT2D eigenvalue weighted by Gasteiger charge is 2.32. The van der Waals surface area contributed by atoms with Gasteiger partial charge in [0.2, 0.25) is 5.91 Å². The first-order chi connectivity index (χ1) is 13.8. The van der Waals surface area contributed by atoms with Gasteiger partial charge in [-0.1, -0.05) is 17.7 Å². The molecular weight excluding hydrogens is 402 g/mol. The molecule has 0 radical (unpaired) electrons. The number of halogens is 3. The average molecular weight is 425 g/mol. The fourth-order valence-corrected chi connectivity index (χ4v) is 3.84. The third-order valence-electron chi connectivity index (χ3n) is 4.81. The molecule has 1 fully saturated rings. The summed E-state index contributed by atoms with van der Waals surface area (Å²) in [5.74, 6) is -1.58. The van der Waals surface area contributed by atoms with Crippen LogP contribution >= 0.6 is 11.6 Å². The number of rotatable bonds is 6. The minimum Gasteiger partial charge on any atom is -0.373 e. The first-order valence-corrected chi connectivity index (χ1v) is 9.66. The van der Waals surface area contributed by atoms with Crippen LogP contribution in [-0.2, 0) is 4.74 Å². The molecule has 3 rings (SSSR count). The number of ether oxygens (including phenoxy) is 1. The lowest BCUT2D eigenvalue weighted by molar-refractivity contribution is -0.0801. The van der Waals surface area contributed by atoms with Crippen molar-refractivity contribution in [1.29, 1.82) is 0 Å². The lowest BCUT2D eigenvalue weighted by atomic mass is 10.0. The fraction of sp³-hybridized carbons (Fsp3) is 0.400. The van der Waals surface area contributed by atoms with Crippen LogP contribution in [0.25, 0.3) is 0 Å². The Morgan fingerprint density at radius 2 is 1.97 bits per heavy atom. The van der Waals surface area contributed by atoms with Crippen LogP contribution < -0.4 is 11.1 Å². The number of pyridine rings is 1. The van der Waals surface area contributed by atoms with E-state index in [1.165, 1.54) is 30.5 Å². The second kappa shape index (κ2) is 9.02. The van der Waals surface area contributed by atoms with E-state index < -0.39 is 23.6 Å². The Labute approximate surface area is 173 Å². The Kier molecular flexibility index (Phi) is 6.66. The van der Waals surface area contributed by atoms with Crippen molar-refractivity contribution < 1.29 is 18.3 Å². The molecule has 1 aromatic heterocycles. The largest absolute Gasteiger partial charge is 0.373 e. The highest BCUT2D eigenvalue weighted by atomic mass is 35.5. The molecule has 29 heavy (non-hydrogen) atoms. The number of benzene rings is 1. The van der Waals surface area contributed by atoms with Crippen LogP contribution in [0.15, 0.2) is 30.5 Å². The van der Waals surface area contributed by atoms with Crippen molar-refractivity contribution >= 4 is 23.3 Å². The molecule has 1 saturated heterocycles. The van der Waals surface area contributed by atoms with Crippen molar-refractivity contribution in [3.05, 3.63) is 58.2 Å². The van der Waals surface area contributed by atoms with E-state index in [4.69, 9.17) is 22.1 Å². The standard InChI is InChI=1S/C20H23ClF2N4O2/c1-11-9-27(10-12(2)29-11)17(18-15(22)4-3-5-16(18)23)8-26-20-14(21)6-13(7-25-20)19(24)28/h3-7,11-12,17H,8-10H2,1-2H3,(H2,24,28)(H,25,26). The summed E-state index contributed by atoms with van der Waals surface area (Å²) in [5.41, 5.74) is 5.38. The van der Waals surface area contributed by atoms with Crippen LogP contribution in [0, 0.1) is 11.6 Å². The molecule has 0 spiro atoms. The molecule has 1 aliphatic rings. The zero-order valence-corrected chi connectivity index (χ0v) is 16.9. The molecule has 9 heteroatoms. The van der Waals surface area contributed by atoms with Crippen molar-refractivity contribution in [2.24, 2.45) is 5.73 Å². The number of hydrogen-bond donors (Lipinski definition) is 2. The zero-order chi connectivity index (χ0) is 21.1. The predicted octanol–water partition coefficient (Wildman–Crippen LogP) is 3.37. The summed E-state index contributed by atoms with van der Waals surface area (Å²) in [5, 5.41) is 3.24. The minimum atomic E-state index is -0.645. The second-order valence-electron chi connectivity index (χ2n) is 7.16. The van der Waals surface area contributed by atoms with E-state index in [0.29, 0.717) is 18.9 Å². The van der Waals surface area contributed by atoms with Gasteiger partial charge in [-0.25, -0.2) is 13.8 Å². The molecule has 2 heterocycles. The highest BCUT2D eigenvalue weighted by Crippen LogP contribution is 2.30. The molecule has 0 saturated carbocycles. The Hall–Kier alpha value is -2.29. The predicted molar refractivity (Wildman–Crippen MR) is 107 cm³/mol. The Bertz CT molecular complexity index is 869. The van der Waals surface area contributed by atoms with Gasteiger partial charge in [-0.05, 0) is 32.0 Å². The van der Waals surface area contributed by atoms with Gasteiger partial charge in [-0.3, -0.25) is 9.69 Å². The summed E-state index contributed by atoms with van der Waals surface area (Å²) in [4.78, 5) is 17.4. The molecule has 1 aliphatic heterocycles. The van der Waals surface area contributed by atoms with Gasteiger partial charge < -0.3 is 15.8 Å². The topological polar surface area (TPSA) is 80.5 Å². The Morgan fingerprint density at radius 3 is 2.52 bits per heavy atom. The summed E-state index contributed by atoms with van der Waals surface area (Å²) in [7, 11) is 0. The smallest absolute Gasteiger partial charge is 0.250 e. The number of nitrogens with two attached hydrogens (primary N) is 1. The number of aromatic nitrogens is 1. The van der Waals surface area contributed by atoms with Gasteiger partial charge >= 0.3 is 0 Å². The molecule has 3 N–H and O–H groups in total. The Morgan fingerprint density at radius 1 is 1.34 bits per heavy atom. The van der Waals surface area contributed by atoms with Gasteiger partial charge in [0, 0.05) is 31.4 Å². The summed E-state index contributed by atoms with van der Waals surface area (Å²) in [6, 6.07) is 4.61. The second-order valence-corrected chi connectivity index (χ2v) is 7.57. The molecule has 0 bridgehead atoms. The van der Waals surface area contributed by atoms with E-state index in [2.05, 4.69) is 10.3 Å². The summed E-state index contributed by atoms with van der Waals surface area (Å²) < 4.78 is 34.9. The van der Waals surface area contributed by atoms with Gasteiger partial charge in [0.25, 0.3) is 0 Å². The molecule has 1 aromatic carbocycles. The first kappa shape index (κ1) is 21.4. The van der Waals surface area contributed by atoms with Gasteiger partial charge in [0.15, 0.2) is 0 Å². The van der Waals surface area contributed by atoms with E-state index >= 15 is 0 Å². The lowest BCUT2D eigenvalue weighted by Gasteiger charge is -2.40. The van der Waals surface area contributed by atoms with Crippen LogP contribution in [0.4, 0.5) is 14.6 Å². The molecule has 6 nitrogen and oxygen atoms in total. The van der Waals surface area contributed by atoms with E-state index in [1.807, 2.05) is 18.7 Å². The zero-order valence-electron chi connectivity index (χ0n) is 16.2. The number of amides is 1. The SMILES string of the molecule is CC1CN(C(CNc2ncc(C(N)=O)cc2Cl)c2c(F)cccc2F)CC(C)O1. The quantitative estimate of drug-likeness (QED) is 0.743. The fourth-order valence-electron chi connectivity index (χ4n) is 3.61.